The molecule has 0 N–H and O–H groups in total. The van der Waals surface area contributed by atoms with E-state index in [0.717, 1.165) is 18.4 Å². The number of benzene rings is 1. The van der Waals surface area contributed by atoms with Gasteiger partial charge in [0.15, 0.2) is 0 Å². The van der Waals surface area contributed by atoms with E-state index in [1.54, 1.807) is 0 Å². The molecule has 0 saturated heterocycles. The van der Waals surface area contributed by atoms with E-state index in [9.17, 15) is 4.79 Å². The van der Waals surface area contributed by atoms with E-state index < -0.39 is 0 Å². The predicted octanol–water partition coefficient (Wildman–Crippen LogP) is 1.89. The maximum Gasteiger partial charge on any atom is 0.313 e. The predicted molar refractivity (Wildman–Crippen MR) is 49.5 cm³/mol. The Kier molecular flexibility index (Phi) is 2.05. The normalized spacial score (nSPS) is 19.6. The Morgan fingerprint density at radius 3 is 3.00 bits per heavy atom. The number of carbonyl (C=O) groups excluding carboxylic acids is 1. The fraction of sp³-hybridized carbons (Fsp3) is 0.364. The molecule has 13 heavy (non-hydrogen) atoms. The molecule has 0 fully saturated rings. The Morgan fingerprint density at radius 2 is 2.23 bits per heavy atom. The van der Waals surface area contributed by atoms with Gasteiger partial charge in [-0.2, -0.15) is 0 Å². The van der Waals surface area contributed by atoms with Gasteiger partial charge in [0.2, 0.25) is 0 Å². The van der Waals surface area contributed by atoms with Crippen LogP contribution in [0.3, 0.4) is 0 Å². The van der Waals surface area contributed by atoms with Crippen molar-refractivity contribution in [2.75, 3.05) is 7.11 Å². The third-order valence-electron chi connectivity index (χ3n) is 2.62. The topological polar surface area (TPSA) is 26.3 Å². The number of ether oxygens (including phenoxy) is 1. The van der Waals surface area contributed by atoms with Gasteiger partial charge >= 0.3 is 5.97 Å². The Labute approximate surface area is 77.5 Å². The van der Waals surface area contributed by atoms with Crippen LogP contribution >= 0.6 is 0 Å². The number of carbonyl (C=O) groups is 1. The zero-order valence-corrected chi connectivity index (χ0v) is 7.62. The molecule has 0 spiro atoms. The first-order valence-electron chi connectivity index (χ1n) is 4.48. The van der Waals surface area contributed by atoms with Crippen LogP contribution in [0.5, 0.6) is 0 Å². The van der Waals surface area contributed by atoms with E-state index in [1.165, 1.54) is 12.7 Å². The number of aryl methyl sites for hydroxylation is 1. The van der Waals surface area contributed by atoms with Gasteiger partial charge < -0.3 is 4.74 Å². The minimum atomic E-state index is -0.107. The Morgan fingerprint density at radius 1 is 1.46 bits per heavy atom. The first-order valence-corrected chi connectivity index (χ1v) is 4.48. The molecule has 2 rings (SSSR count). The van der Waals surface area contributed by atoms with Crippen LogP contribution in [0.4, 0.5) is 0 Å². The number of hydrogen-bond donors (Lipinski definition) is 0. The molecule has 0 heterocycles. The number of methoxy groups -OCH3 is 1. The monoisotopic (exact) mass is 176 g/mol. The average Bonchev–Trinajstić information content (AvgIpc) is 2.60. The van der Waals surface area contributed by atoms with Crippen molar-refractivity contribution in [1.29, 1.82) is 0 Å². The molecule has 2 heteroatoms. The SMILES string of the molecule is COC(=O)[C@H]1CCc2ccccc21. The molecule has 0 radical (unpaired) electrons. The zero-order chi connectivity index (χ0) is 9.26. The first-order chi connectivity index (χ1) is 6.33. The van der Waals surface area contributed by atoms with Crippen molar-refractivity contribution in [3.8, 4) is 0 Å². The summed E-state index contributed by atoms with van der Waals surface area (Å²) in [6.45, 7) is 0. The molecule has 68 valence electrons. The highest BCUT2D eigenvalue weighted by Gasteiger charge is 2.28. The van der Waals surface area contributed by atoms with E-state index in [1.807, 2.05) is 18.2 Å². The van der Waals surface area contributed by atoms with Crippen LogP contribution in [-0.4, -0.2) is 13.1 Å². The highest BCUT2D eigenvalue weighted by atomic mass is 16.5. The van der Waals surface area contributed by atoms with Gasteiger partial charge in [-0.1, -0.05) is 24.3 Å². The number of rotatable bonds is 1. The van der Waals surface area contributed by atoms with E-state index in [2.05, 4.69) is 6.07 Å². The third-order valence-corrected chi connectivity index (χ3v) is 2.62. The van der Waals surface area contributed by atoms with Crippen LogP contribution in [0.15, 0.2) is 24.3 Å². The Bertz CT molecular complexity index is 331. The molecule has 0 bridgehead atoms. The molecule has 0 unspecified atom stereocenters. The van der Waals surface area contributed by atoms with Gasteiger partial charge in [0, 0.05) is 0 Å². The summed E-state index contributed by atoms with van der Waals surface area (Å²) in [5, 5.41) is 0. The van der Waals surface area contributed by atoms with Crippen molar-refractivity contribution in [1.82, 2.24) is 0 Å². The minimum absolute atomic E-state index is 0.0267. The van der Waals surface area contributed by atoms with Gasteiger partial charge in [0.1, 0.15) is 0 Å². The van der Waals surface area contributed by atoms with E-state index in [0.29, 0.717) is 0 Å². The summed E-state index contributed by atoms with van der Waals surface area (Å²) in [5.74, 6) is -0.133. The lowest BCUT2D eigenvalue weighted by Gasteiger charge is -2.07. The smallest absolute Gasteiger partial charge is 0.313 e. The second-order valence-corrected chi connectivity index (χ2v) is 3.31. The van der Waals surface area contributed by atoms with Crippen LogP contribution in [0.2, 0.25) is 0 Å². The second-order valence-electron chi connectivity index (χ2n) is 3.31. The Balaban J connectivity index is 2.33. The molecular weight excluding hydrogens is 164 g/mol. The van der Waals surface area contributed by atoms with Crippen molar-refractivity contribution in [2.24, 2.45) is 0 Å². The summed E-state index contributed by atoms with van der Waals surface area (Å²) in [6.07, 6.45) is 1.89. The second kappa shape index (κ2) is 3.21. The number of esters is 1. The van der Waals surface area contributed by atoms with Crippen molar-refractivity contribution < 1.29 is 9.53 Å². The highest BCUT2D eigenvalue weighted by molar-refractivity contribution is 5.79. The van der Waals surface area contributed by atoms with Crippen molar-refractivity contribution in [3.63, 3.8) is 0 Å². The maximum absolute atomic E-state index is 11.4. The summed E-state index contributed by atoms with van der Waals surface area (Å²) < 4.78 is 4.75. The summed E-state index contributed by atoms with van der Waals surface area (Å²) in [7, 11) is 1.45. The van der Waals surface area contributed by atoms with Gasteiger partial charge in [-0.05, 0) is 24.0 Å². The van der Waals surface area contributed by atoms with Gasteiger partial charge in [0.25, 0.3) is 0 Å². The zero-order valence-electron chi connectivity index (χ0n) is 7.62. The first kappa shape index (κ1) is 8.30. The fourth-order valence-corrected chi connectivity index (χ4v) is 1.94. The van der Waals surface area contributed by atoms with Crippen LogP contribution in [0, 0.1) is 0 Å². The molecule has 2 nitrogen and oxygen atoms in total. The fourth-order valence-electron chi connectivity index (χ4n) is 1.94. The summed E-state index contributed by atoms with van der Waals surface area (Å²) in [5.41, 5.74) is 2.44. The molecule has 0 amide bonds. The summed E-state index contributed by atoms with van der Waals surface area (Å²) in [4.78, 5) is 11.4. The number of hydrogen-bond acceptors (Lipinski definition) is 2. The van der Waals surface area contributed by atoms with Gasteiger partial charge in [-0.3, -0.25) is 4.79 Å². The lowest BCUT2D eigenvalue weighted by atomic mass is 10.0. The van der Waals surface area contributed by atoms with Crippen LogP contribution < -0.4 is 0 Å². The molecule has 0 aromatic heterocycles. The van der Waals surface area contributed by atoms with Gasteiger partial charge in [0.05, 0.1) is 13.0 Å². The van der Waals surface area contributed by atoms with Gasteiger partial charge in [-0.15, -0.1) is 0 Å². The maximum atomic E-state index is 11.4. The van der Waals surface area contributed by atoms with E-state index in [-0.39, 0.29) is 11.9 Å². The van der Waals surface area contributed by atoms with Crippen LogP contribution in [0.25, 0.3) is 0 Å². The average molecular weight is 176 g/mol. The quantitative estimate of drug-likeness (QED) is 0.611. The number of fused-ring (bicyclic) bond motifs is 1. The van der Waals surface area contributed by atoms with Crippen LogP contribution in [0.1, 0.15) is 23.5 Å². The molecule has 1 aliphatic rings. The van der Waals surface area contributed by atoms with E-state index >= 15 is 0 Å². The molecule has 0 aliphatic heterocycles. The third kappa shape index (κ3) is 1.32. The van der Waals surface area contributed by atoms with Crippen molar-refractivity contribution >= 4 is 5.97 Å². The lowest BCUT2D eigenvalue weighted by molar-refractivity contribution is -0.142. The van der Waals surface area contributed by atoms with Crippen LogP contribution in [-0.2, 0) is 16.0 Å². The standard InChI is InChI=1S/C11H12O2/c1-13-11(12)10-7-6-8-4-2-3-5-9(8)10/h2-5,10H,6-7H2,1H3/t10-/m0/s1. The largest absolute Gasteiger partial charge is 0.469 e. The molecular formula is C11H12O2. The molecule has 1 aromatic carbocycles. The van der Waals surface area contributed by atoms with Crippen molar-refractivity contribution in [2.45, 2.75) is 18.8 Å². The summed E-state index contributed by atoms with van der Waals surface area (Å²) in [6, 6.07) is 8.08. The lowest BCUT2D eigenvalue weighted by Crippen LogP contribution is -2.10. The minimum Gasteiger partial charge on any atom is -0.469 e. The van der Waals surface area contributed by atoms with E-state index in [4.69, 9.17) is 4.74 Å². The summed E-state index contributed by atoms with van der Waals surface area (Å²) >= 11 is 0. The molecule has 0 saturated carbocycles. The van der Waals surface area contributed by atoms with Crippen molar-refractivity contribution in [3.05, 3.63) is 35.4 Å². The van der Waals surface area contributed by atoms with Gasteiger partial charge in [-0.25, -0.2) is 0 Å². The highest BCUT2D eigenvalue weighted by Crippen LogP contribution is 2.33. The molecule has 1 aromatic rings. The molecule has 1 aliphatic carbocycles. The Hall–Kier alpha value is -1.31. The molecule has 1 atom stereocenters.